The van der Waals surface area contributed by atoms with Crippen molar-refractivity contribution < 1.29 is 22.7 Å². The third kappa shape index (κ3) is 5.59. The largest absolute Gasteiger partial charge is 0.497 e. The highest BCUT2D eigenvalue weighted by molar-refractivity contribution is 7.89. The van der Waals surface area contributed by atoms with Gasteiger partial charge in [0.15, 0.2) is 0 Å². The quantitative estimate of drug-likeness (QED) is 0.572. The molecule has 0 heterocycles. The number of hydrogen-bond acceptors (Lipinski definition) is 5. The summed E-state index contributed by atoms with van der Waals surface area (Å²) in [6.45, 7) is 1.48. The molecule has 3 rings (SSSR count). The zero-order valence-corrected chi connectivity index (χ0v) is 17.3. The van der Waals surface area contributed by atoms with Gasteiger partial charge in [0.05, 0.1) is 18.0 Å². The van der Waals surface area contributed by atoms with Crippen molar-refractivity contribution >= 4 is 21.6 Å². The molecule has 0 fully saturated rings. The number of hydrogen-bond donors (Lipinski definition) is 2. The van der Waals surface area contributed by atoms with Gasteiger partial charge in [0.25, 0.3) is 0 Å². The van der Waals surface area contributed by atoms with Gasteiger partial charge >= 0.3 is 0 Å². The number of sulfonamides is 1. The van der Waals surface area contributed by atoms with Gasteiger partial charge in [-0.15, -0.1) is 0 Å². The van der Waals surface area contributed by atoms with Gasteiger partial charge < -0.3 is 14.8 Å². The molecule has 0 spiro atoms. The third-order valence-electron chi connectivity index (χ3n) is 4.20. The summed E-state index contributed by atoms with van der Waals surface area (Å²) in [6, 6.07) is 21.1. The Morgan fingerprint density at radius 1 is 0.833 bits per heavy atom. The molecule has 0 saturated heterocycles. The van der Waals surface area contributed by atoms with E-state index in [1.807, 2.05) is 30.3 Å². The summed E-state index contributed by atoms with van der Waals surface area (Å²) >= 11 is 0. The Morgan fingerprint density at radius 3 is 2.00 bits per heavy atom. The van der Waals surface area contributed by atoms with Crippen LogP contribution in [0.5, 0.6) is 17.2 Å². The Kier molecular flexibility index (Phi) is 6.71. The minimum atomic E-state index is -3.85. The molecule has 0 aromatic heterocycles. The molecule has 1 amide bonds. The van der Waals surface area contributed by atoms with E-state index in [1.54, 1.807) is 36.4 Å². The maximum atomic E-state index is 12.5. The maximum Gasteiger partial charge on any atom is 0.242 e. The highest BCUT2D eigenvalue weighted by Crippen LogP contribution is 2.23. The molecule has 0 unspecified atom stereocenters. The molecule has 0 bridgehead atoms. The van der Waals surface area contributed by atoms with E-state index in [2.05, 4.69) is 10.0 Å². The van der Waals surface area contributed by atoms with E-state index in [0.717, 1.165) is 0 Å². The third-order valence-corrected chi connectivity index (χ3v) is 5.75. The normalized spacial score (nSPS) is 12.1. The van der Waals surface area contributed by atoms with Crippen molar-refractivity contribution in [3.8, 4) is 17.2 Å². The van der Waals surface area contributed by atoms with Gasteiger partial charge in [0.1, 0.15) is 17.2 Å². The molecular weight excluding hydrogens is 404 g/mol. The standard InChI is InChI=1S/C22H22N2O5S/c1-16(24-30(26,27)21-14-12-18(28-2)13-15-21)22(25)23-17-8-10-20(11-9-17)29-19-6-4-3-5-7-19/h3-16,24H,1-2H3,(H,23,25)/t16-/m1/s1. The van der Waals surface area contributed by atoms with Crippen molar-refractivity contribution in [2.24, 2.45) is 0 Å². The number of nitrogens with one attached hydrogen (secondary N) is 2. The first-order valence-corrected chi connectivity index (χ1v) is 10.7. The van der Waals surface area contributed by atoms with Gasteiger partial charge in [-0.2, -0.15) is 4.72 Å². The lowest BCUT2D eigenvalue weighted by molar-refractivity contribution is -0.117. The second-order valence-corrected chi connectivity index (χ2v) is 8.16. The first kappa shape index (κ1) is 21.4. The predicted octanol–water partition coefficient (Wildman–Crippen LogP) is 3.79. The number of amides is 1. The van der Waals surface area contributed by atoms with E-state index < -0.39 is 22.0 Å². The molecule has 3 aromatic carbocycles. The van der Waals surface area contributed by atoms with Crippen molar-refractivity contribution in [2.75, 3.05) is 12.4 Å². The zero-order valence-electron chi connectivity index (χ0n) is 16.5. The van der Waals surface area contributed by atoms with Crippen LogP contribution in [0.2, 0.25) is 0 Å². The SMILES string of the molecule is COc1ccc(S(=O)(=O)N[C@H](C)C(=O)Nc2ccc(Oc3ccccc3)cc2)cc1. The van der Waals surface area contributed by atoms with Gasteiger partial charge in [-0.1, -0.05) is 18.2 Å². The van der Waals surface area contributed by atoms with Crippen LogP contribution in [-0.4, -0.2) is 27.5 Å². The van der Waals surface area contributed by atoms with E-state index in [9.17, 15) is 13.2 Å². The van der Waals surface area contributed by atoms with Gasteiger partial charge in [-0.25, -0.2) is 8.42 Å². The number of benzene rings is 3. The van der Waals surface area contributed by atoms with Crippen molar-refractivity contribution in [2.45, 2.75) is 17.9 Å². The monoisotopic (exact) mass is 426 g/mol. The smallest absolute Gasteiger partial charge is 0.242 e. The van der Waals surface area contributed by atoms with Crippen molar-refractivity contribution in [1.82, 2.24) is 4.72 Å². The molecule has 30 heavy (non-hydrogen) atoms. The number of anilines is 1. The fourth-order valence-corrected chi connectivity index (χ4v) is 3.79. The summed E-state index contributed by atoms with van der Waals surface area (Å²) in [5.41, 5.74) is 0.524. The second-order valence-electron chi connectivity index (χ2n) is 6.45. The molecule has 0 saturated carbocycles. The summed E-state index contributed by atoms with van der Waals surface area (Å²) in [6.07, 6.45) is 0. The average molecular weight is 426 g/mol. The van der Waals surface area contributed by atoms with Crippen LogP contribution in [0.4, 0.5) is 5.69 Å². The Bertz CT molecular complexity index is 1080. The first-order valence-electron chi connectivity index (χ1n) is 9.17. The van der Waals surface area contributed by atoms with Gasteiger partial charge in [-0.3, -0.25) is 4.79 Å². The number of ether oxygens (including phenoxy) is 2. The lowest BCUT2D eigenvalue weighted by atomic mass is 10.2. The van der Waals surface area contributed by atoms with Crippen LogP contribution < -0.4 is 19.5 Å². The second kappa shape index (κ2) is 9.43. The molecular formula is C22H22N2O5S. The number of para-hydroxylation sites is 1. The van der Waals surface area contributed by atoms with Crippen LogP contribution in [0.25, 0.3) is 0 Å². The summed E-state index contributed by atoms with van der Waals surface area (Å²) in [4.78, 5) is 12.5. The van der Waals surface area contributed by atoms with Gasteiger partial charge in [0, 0.05) is 5.69 Å². The van der Waals surface area contributed by atoms with E-state index in [4.69, 9.17) is 9.47 Å². The molecule has 2 N–H and O–H groups in total. The van der Waals surface area contributed by atoms with E-state index in [1.165, 1.54) is 26.2 Å². The molecule has 0 aliphatic carbocycles. The molecule has 0 radical (unpaired) electrons. The Morgan fingerprint density at radius 2 is 1.40 bits per heavy atom. The number of carbonyl (C=O) groups is 1. The molecule has 0 aliphatic heterocycles. The summed E-state index contributed by atoms with van der Waals surface area (Å²) in [7, 11) is -2.35. The van der Waals surface area contributed by atoms with E-state index in [0.29, 0.717) is 22.9 Å². The summed E-state index contributed by atoms with van der Waals surface area (Å²) in [5.74, 6) is 1.38. The molecule has 156 valence electrons. The van der Waals surface area contributed by atoms with Crippen LogP contribution in [0.15, 0.2) is 83.8 Å². The number of carbonyl (C=O) groups excluding carboxylic acids is 1. The maximum absolute atomic E-state index is 12.5. The van der Waals surface area contributed by atoms with Crippen molar-refractivity contribution in [3.63, 3.8) is 0 Å². The molecule has 7 nitrogen and oxygen atoms in total. The van der Waals surface area contributed by atoms with Gasteiger partial charge in [-0.05, 0) is 67.6 Å². The predicted molar refractivity (Wildman–Crippen MR) is 114 cm³/mol. The lowest BCUT2D eigenvalue weighted by Crippen LogP contribution is -2.41. The summed E-state index contributed by atoms with van der Waals surface area (Å²) in [5, 5.41) is 2.68. The van der Waals surface area contributed by atoms with Crippen LogP contribution in [0.1, 0.15) is 6.92 Å². The average Bonchev–Trinajstić information content (AvgIpc) is 2.75. The minimum Gasteiger partial charge on any atom is -0.497 e. The molecule has 3 aromatic rings. The summed E-state index contributed by atoms with van der Waals surface area (Å²) < 4.78 is 38.0. The van der Waals surface area contributed by atoms with Crippen molar-refractivity contribution in [3.05, 3.63) is 78.9 Å². The zero-order chi connectivity index (χ0) is 21.6. The van der Waals surface area contributed by atoms with Crippen LogP contribution in [0.3, 0.4) is 0 Å². The fraction of sp³-hybridized carbons (Fsp3) is 0.136. The van der Waals surface area contributed by atoms with Crippen molar-refractivity contribution in [1.29, 1.82) is 0 Å². The highest BCUT2D eigenvalue weighted by Gasteiger charge is 2.22. The molecule has 1 atom stereocenters. The van der Waals surface area contributed by atoms with E-state index >= 15 is 0 Å². The topological polar surface area (TPSA) is 93.7 Å². The number of rotatable bonds is 8. The Balaban J connectivity index is 1.59. The highest BCUT2D eigenvalue weighted by atomic mass is 32.2. The Hall–Kier alpha value is -3.36. The molecule has 0 aliphatic rings. The van der Waals surface area contributed by atoms with Crippen LogP contribution in [0, 0.1) is 0 Å². The number of methoxy groups -OCH3 is 1. The fourth-order valence-electron chi connectivity index (χ4n) is 2.59. The molecule has 8 heteroatoms. The Labute approximate surface area is 175 Å². The van der Waals surface area contributed by atoms with E-state index in [-0.39, 0.29) is 4.90 Å². The lowest BCUT2D eigenvalue weighted by Gasteiger charge is -2.15. The van der Waals surface area contributed by atoms with Gasteiger partial charge in [0.2, 0.25) is 15.9 Å². The first-order chi connectivity index (χ1) is 14.4. The van der Waals surface area contributed by atoms with Crippen LogP contribution in [-0.2, 0) is 14.8 Å². The minimum absolute atomic E-state index is 0.0466. The van der Waals surface area contributed by atoms with Crippen LogP contribution >= 0.6 is 0 Å².